The summed E-state index contributed by atoms with van der Waals surface area (Å²) >= 11 is 0. The van der Waals surface area contributed by atoms with E-state index in [1.165, 1.54) is 0 Å². The first kappa shape index (κ1) is 30.5. The molecule has 5 atom stereocenters. The zero-order valence-corrected chi connectivity index (χ0v) is 26.3. The van der Waals surface area contributed by atoms with Gasteiger partial charge in [0.15, 0.2) is 0 Å². The van der Waals surface area contributed by atoms with E-state index in [0.29, 0.717) is 42.8 Å². The van der Waals surface area contributed by atoms with Crippen LogP contribution >= 0.6 is 0 Å². The summed E-state index contributed by atoms with van der Waals surface area (Å²) in [5.41, 5.74) is 5.93. The van der Waals surface area contributed by atoms with Crippen molar-refractivity contribution in [2.45, 2.75) is 69.6 Å². The van der Waals surface area contributed by atoms with Gasteiger partial charge >= 0.3 is 6.09 Å². The molecule has 3 aromatic carbocycles. The van der Waals surface area contributed by atoms with Gasteiger partial charge in [0.05, 0.1) is 26.4 Å². The number of carbonyl (C=O) groups is 2. The number of benzene rings is 3. The number of hydrogen-bond donors (Lipinski definition) is 3. The van der Waals surface area contributed by atoms with Crippen LogP contribution in [0.25, 0.3) is 11.1 Å². The van der Waals surface area contributed by atoms with E-state index in [-0.39, 0.29) is 42.6 Å². The molecule has 0 saturated carbocycles. The predicted octanol–water partition coefficient (Wildman–Crippen LogP) is 2.04. The molecule has 2 amide bonds. The number of fused-ring (bicyclic) bond motifs is 5. The van der Waals surface area contributed by atoms with Crippen molar-refractivity contribution in [2.24, 2.45) is 0 Å². The number of aryl methyl sites for hydroxylation is 2. The van der Waals surface area contributed by atoms with Crippen molar-refractivity contribution in [1.29, 1.82) is 0 Å². The molecular formula is C33H38IN3O5. The summed E-state index contributed by atoms with van der Waals surface area (Å²) in [6.45, 7) is 1.87. The number of aliphatic hydroxyl groups excluding tert-OH is 1. The molecule has 42 heavy (non-hydrogen) atoms. The Morgan fingerprint density at radius 1 is 0.929 bits per heavy atom. The number of morpholine rings is 1. The number of epoxide rings is 1. The second kappa shape index (κ2) is 12.3. The number of nitrogens with one attached hydrogen (secondary N) is 2. The Hall–Kier alpha value is -2.99. The number of carbonyl (C=O) groups excluding carboxylic acids is 2. The molecule has 222 valence electrons. The number of aliphatic hydroxyl groups is 1. The van der Waals surface area contributed by atoms with Crippen LogP contribution in [0.4, 0.5) is 16.2 Å². The Labute approximate surface area is 264 Å². The van der Waals surface area contributed by atoms with E-state index >= 15 is 0 Å². The number of hydrogen-bond acceptors (Lipinski definition) is 5. The van der Waals surface area contributed by atoms with Crippen molar-refractivity contribution in [3.63, 3.8) is 0 Å². The minimum atomic E-state index is -0.454. The molecule has 3 aliphatic heterocycles. The second-order valence-electron chi connectivity index (χ2n) is 12.1. The fourth-order valence-corrected chi connectivity index (χ4v) is 6.75. The SMILES string of the molecule is Cc1cc(CO)ccc1NC(=O)CCc1ccc(-c2ccccc2)c(NC(=O)O[C@@H]2C[C@@H]3[C@H]4O[C@H]4[C@H](C2)[N+]3(C)C)c1.[I-]. The molecule has 3 N–H and O–H groups in total. The second-order valence-corrected chi connectivity index (χ2v) is 12.1. The van der Waals surface area contributed by atoms with Crippen LogP contribution in [0.3, 0.4) is 0 Å². The van der Waals surface area contributed by atoms with E-state index in [9.17, 15) is 14.7 Å². The number of nitrogens with zero attached hydrogens (tertiary/aromatic N) is 1. The summed E-state index contributed by atoms with van der Waals surface area (Å²) in [6.07, 6.45) is 2.43. The number of piperidine rings is 1. The largest absolute Gasteiger partial charge is 1.00 e. The Kier molecular flexibility index (Phi) is 8.94. The maximum Gasteiger partial charge on any atom is 0.411 e. The molecule has 0 aromatic heterocycles. The number of rotatable bonds is 8. The summed E-state index contributed by atoms with van der Waals surface area (Å²) in [5, 5.41) is 15.3. The highest BCUT2D eigenvalue weighted by Crippen LogP contribution is 2.51. The number of ether oxygens (including phenoxy) is 2. The molecular weight excluding hydrogens is 645 g/mol. The zero-order valence-electron chi connectivity index (χ0n) is 24.2. The lowest BCUT2D eigenvalue weighted by Gasteiger charge is -2.45. The lowest BCUT2D eigenvalue weighted by Crippen LogP contribution is -3.00. The molecule has 3 heterocycles. The van der Waals surface area contributed by atoms with Gasteiger partial charge in [0.1, 0.15) is 30.4 Å². The molecule has 2 bridgehead atoms. The molecule has 0 aliphatic carbocycles. The van der Waals surface area contributed by atoms with Crippen LogP contribution in [0.1, 0.15) is 36.0 Å². The van der Waals surface area contributed by atoms with E-state index in [4.69, 9.17) is 9.47 Å². The Morgan fingerprint density at radius 3 is 2.29 bits per heavy atom. The molecule has 3 fully saturated rings. The highest BCUT2D eigenvalue weighted by atomic mass is 127. The van der Waals surface area contributed by atoms with Crippen LogP contribution < -0.4 is 34.6 Å². The van der Waals surface area contributed by atoms with Crippen molar-refractivity contribution < 1.29 is 52.6 Å². The molecule has 3 saturated heterocycles. The lowest BCUT2D eigenvalue weighted by atomic mass is 9.96. The van der Waals surface area contributed by atoms with Crippen LogP contribution in [-0.2, 0) is 27.3 Å². The molecule has 0 radical (unpaired) electrons. The van der Waals surface area contributed by atoms with Gasteiger partial charge in [0.25, 0.3) is 0 Å². The van der Waals surface area contributed by atoms with Crippen LogP contribution in [-0.4, -0.2) is 66.1 Å². The van der Waals surface area contributed by atoms with E-state index in [1.807, 2.05) is 67.6 Å². The Balaban J connectivity index is 0.00000353. The normalized spacial score (nSPS) is 24.6. The monoisotopic (exact) mass is 683 g/mol. The highest BCUT2D eigenvalue weighted by Gasteiger charge is 2.70. The van der Waals surface area contributed by atoms with Gasteiger partial charge in [-0.05, 0) is 47.7 Å². The van der Waals surface area contributed by atoms with E-state index < -0.39 is 6.09 Å². The fraction of sp³-hybridized carbons (Fsp3) is 0.394. The molecule has 6 rings (SSSR count). The van der Waals surface area contributed by atoms with Gasteiger partial charge in [-0.25, -0.2) is 4.79 Å². The Bertz CT molecular complexity index is 1440. The van der Waals surface area contributed by atoms with Crippen LogP contribution in [0.15, 0.2) is 66.7 Å². The molecule has 8 nitrogen and oxygen atoms in total. The number of amides is 2. The third-order valence-corrected chi connectivity index (χ3v) is 9.11. The molecule has 3 aliphatic rings. The smallest absolute Gasteiger partial charge is 0.411 e. The topological polar surface area (TPSA) is 100 Å². The van der Waals surface area contributed by atoms with Crippen LogP contribution in [0.2, 0.25) is 0 Å². The lowest BCUT2D eigenvalue weighted by molar-refractivity contribution is -0.938. The van der Waals surface area contributed by atoms with Gasteiger partial charge < -0.3 is 48.4 Å². The number of anilines is 2. The molecule has 9 heteroatoms. The van der Waals surface area contributed by atoms with Gasteiger partial charge in [-0.2, -0.15) is 0 Å². The summed E-state index contributed by atoms with van der Waals surface area (Å²) in [6, 6.07) is 22.0. The summed E-state index contributed by atoms with van der Waals surface area (Å²) in [4.78, 5) is 25.9. The first-order valence-electron chi connectivity index (χ1n) is 14.4. The van der Waals surface area contributed by atoms with E-state index in [2.05, 4.69) is 24.7 Å². The maximum atomic E-state index is 13.2. The van der Waals surface area contributed by atoms with Crippen molar-refractivity contribution in [1.82, 2.24) is 0 Å². The number of halogens is 1. The third-order valence-electron chi connectivity index (χ3n) is 9.11. The molecule has 0 unspecified atom stereocenters. The van der Waals surface area contributed by atoms with Crippen molar-refractivity contribution in [2.75, 3.05) is 24.7 Å². The first-order chi connectivity index (χ1) is 19.7. The van der Waals surface area contributed by atoms with Crippen molar-refractivity contribution >= 4 is 23.4 Å². The average molecular weight is 684 g/mol. The van der Waals surface area contributed by atoms with Gasteiger partial charge in [-0.3, -0.25) is 10.1 Å². The summed E-state index contributed by atoms with van der Waals surface area (Å²) in [5.74, 6) is -0.0961. The fourth-order valence-electron chi connectivity index (χ4n) is 6.75. The minimum Gasteiger partial charge on any atom is -1.00 e. The van der Waals surface area contributed by atoms with E-state index in [1.54, 1.807) is 6.07 Å². The van der Waals surface area contributed by atoms with Gasteiger partial charge in [-0.15, -0.1) is 0 Å². The number of quaternary nitrogens is 1. The van der Waals surface area contributed by atoms with Crippen LogP contribution in [0, 0.1) is 6.92 Å². The van der Waals surface area contributed by atoms with Gasteiger partial charge in [0, 0.05) is 30.5 Å². The van der Waals surface area contributed by atoms with E-state index in [0.717, 1.165) is 50.8 Å². The van der Waals surface area contributed by atoms with Crippen molar-refractivity contribution in [3.05, 3.63) is 83.4 Å². The first-order valence-corrected chi connectivity index (χ1v) is 14.4. The summed E-state index contributed by atoms with van der Waals surface area (Å²) in [7, 11) is 4.51. The standard InChI is InChI=1S/C33H37N3O5.HI/c1-20-15-22(19-37)10-13-26(20)34-30(38)14-11-21-9-12-25(23-7-5-4-6-8-23)27(16-21)35-33(39)40-24-17-28-31-32(41-31)29(18-24)36(28,2)3;/h4-10,12-13,15-16,24,28-29,31-32,37H,11,14,17-19H2,1-3H3,(H-,34,35,38,39);1H/t24-,28-,29+,31-,32+;. The average Bonchev–Trinajstić information content (AvgIpc) is 3.72. The molecule has 3 aromatic rings. The highest BCUT2D eigenvalue weighted by molar-refractivity contribution is 5.93. The maximum absolute atomic E-state index is 13.2. The molecule has 0 spiro atoms. The summed E-state index contributed by atoms with van der Waals surface area (Å²) < 4.78 is 12.8. The zero-order chi connectivity index (χ0) is 28.7. The predicted molar refractivity (Wildman–Crippen MR) is 157 cm³/mol. The van der Waals surface area contributed by atoms with Crippen LogP contribution in [0.5, 0.6) is 0 Å². The quantitative estimate of drug-likeness (QED) is 0.192. The number of likely N-dealkylation sites (N-methyl/N-ethyl adjacent to an activating group) is 1. The van der Waals surface area contributed by atoms with Gasteiger partial charge in [0.2, 0.25) is 5.91 Å². The van der Waals surface area contributed by atoms with Gasteiger partial charge in [-0.1, -0.05) is 54.6 Å². The third kappa shape index (κ3) is 6.20. The Morgan fingerprint density at radius 2 is 1.62 bits per heavy atom. The van der Waals surface area contributed by atoms with Crippen molar-refractivity contribution in [3.8, 4) is 11.1 Å². The minimum absolute atomic E-state index is 0.